The van der Waals surface area contributed by atoms with Gasteiger partial charge < -0.3 is 9.88 Å². The Bertz CT molecular complexity index is 751. The number of pyridine rings is 1. The first-order valence-corrected chi connectivity index (χ1v) is 7.33. The maximum absolute atomic E-state index is 4.57. The molecule has 21 heavy (non-hydrogen) atoms. The predicted octanol–water partition coefficient (Wildman–Crippen LogP) is 3.42. The van der Waals surface area contributed by atoms with Crippen molar-refractivity contribution in [3.05, 3.63) is 65.0 Å². The average molecular weight is 279 g/mol. The zero-order valence-electron chi connectivity index (χ0n) is 12.9. The van der Waals surface area contributed by atoms with Crippen LogP contribution in [0.25, 0.3) is 11.0 Å². The van der Waals surface area contributed by atoms with E-state index in [-0.39, 0.29) is 0 Å². The van der Waals surface area contributed by atoms with E-state index in [1.807, 2.05) is 19.3 Å². The van der Waals surface area contributed by atoms with Crippen LogP contribution in [0.15, 0.2) is 42.7 Å². The summed E-state index contributed by atoms with van der Waals surface area (Å²) in [5.41, 5.74) is 6.42. The van der Waals surface area contributed by atoms with Crippen LogP contribution in [0.2, 0.25) is 0 Å². The van der Waals surface area contributed by atoms with Crippen molar-refractivity contribution in [2.75, 3.05) is 7.05 Å². The van der Waals surface area contributed by atoms with Crippen molar-refractivity contribution in [1.29, 1.82) is 0 Å². The molecule has 0 unspecified atom stereocenters. The van der Waals surface area contributed by atoms with Crippen molar-refractivity contribution in [3.63, 3.8) is 0 Å². The van der Waals surface area contributed by atoms with Gasteiger partial charge >= 0.3 is 0 Å². The first-order chi connectivity index (χ1) is 10.2. The predicted molar refractivity (Wildman–Crippen MR) is 87.5 cm³/mol. The van der Waals surface area contributed by atoms with Crippen LogP contribution in [0.1, 0.15) is 22.3 Å². The van der Waals surface area contributed by atoms with Gasteiger partial charge in [0, 0.05) is 30.9 Å². The molecule has 2 heterocycles. The molecule has 0 aliphatic heterocycles. The lowest BCUT2D eigenvalue weighted by Gasteiger charge is -2.11. The van der Waals surface area contributed by atoms with Gasteiger partial charge in [-0.2, -0.15) is 0 Å². The highest BCUT2D eigenvalue weighted by atomic mass is 15.0. The van der Waals surface area contributed by atoms with Gasteiger partial charge in [-0.15, -0.1) is 0 Å². The van der Waals surface area contributed by atoms with Gasteiger partial charge in [0.05, 0.1) is 0 Å². The van der Waals surface area contributed by atoms with Gasteiger partial charge in [0.1, 0.15) is 5.65 Å². The first kappa shape index (κ1) is 13.8. The Morgan fingerprint density at radius 1 is 1.10 bits per heavy atom. The molecule has 3 aromatic rings. The largest absolute Gasteiger partial charge is 0.328 e. The summed E-state index contributed by atoms with van der Waals surface area (Å²) in [5, 5.41) is 4.47. The number of nitrogens with one attached hydrogen (secondary N) is 1. The third kappa shape index (κ3) is 2.57. The normalized spacial score (nSPS) is 11.2. The lowest BCUT2D eigenvalue weighted by molar-refractivity contribution is 0.786. The molecule has 0 fully saturated rings. The Hall–Kier alpha value is -2.13. The number of aromatic nitrogens is 2. The molecule has 0 radical (unpaired) electrons. The van der Waals surface area contributed by atoms with Crippen molar-refractivity contribution < 1.29 is 0 Å². The lowest BCUT2D eigenvalue weighted by Crippen LogP contribution is -2.05. The van der Waals surface area contributed by atoms with Crippen LogP contribution in [0.3, 0.4) is 0 Å². The summed E-state index contributed by atoms with van der Waals surface area (Å²) in [6.07, 6.45) is 4.09. The Labute approximate surface area is 125 Å². The van der Waals surface area contributed by atoms with Gasteiger partial charge in [-0.05, 0) is 55.3 Å². The number of rotatable bonds is 4. The topological polar surface area (TPSA) is 29.9 Å². The maximum Gasteiger partial charge on any atom is 0.140 e. The first-order valence-electron chi connectivity index (χ1n) is 7.33. The summed E-state index contributed by atoms with van der Waals surface area (Å²) >= 11 is 0. The minimum Gasteiger partial charge on any atom is -0.328 e. The summed E-state index contributed by atoms with van der Waals surface area (Å²) in [6, 6.07) is 10.6. The van der Waals surface area contributed by atoms with Crippen molar-refractivity contribution >= 4 is 11.0 Å². The van der Waals surface area contributed by atoms with E-state index in [4.69, 9.17) is 0 Å². The van der Waals surface area contributed by atoms with Crippen LogP contribution in [-0.4, -0.2) is 16.6 Å². The average Bonchev–Trinajstić information content (AvgIpc) is 2.82. The number of aryl methyl sites for hydroxylation is 2. The third-order valence-corrected chi connectivity index (χ3v) is 4.06. The zero-order chi connectivity index (χ0) is 14.8. The minimum absolute atomic E-state index is 0.863. The van der Waals surface area contributed by atoms with Crippen molar-refractivity contribution in [3.8, 4) is 0 Å². The molecule has 3 heteroatoms. The monoisotopic (exact) mass is 279 g/mol. The molecule has 0 aliphatic rings. The number of nitrogens with zero attached hydrogens (tertiary/aromatic N) is 2. The summed E-state index contributed by atoms with van der Waals surface area (Å²) in [5.74, 6) is 0. The molecule has 3 nitrogen and oxygen atoms in total. The maximum atomic E-state index is 4.57. The van der Waals surface area contributed by atoms with E-state index in [1.165, 1.54) is 27.6 Å². The highest BCUT2D eigenvalue weighted by Gasteiger charge is 2.10. The number of hydrogen-bond donors (Lipinski definition) is 1. The summed E-state index contributed by atoms with van der Waals surface area (Å²) < 4.78 is 2.26. The molecule has 0 bridgehead atoms. The van der Waals surface area contributed by atoms with Gasteiger partial charge in [0.15, 0.2) is 0 Å². The number of benzene rings is 1. The highest BCUT2D eigenvalue weighted by molar-refractivity contribution is 5.80. The molecular weight excluding hydrogens is 258 g/mol. The van der Waals surface area contributed by atoms with Gasteiger partial charge in [-0.25, -0.2) is 4.98 Å². The molecular formula is C18H21N3. The van der Waals surface area contributed by atoms with Crippen LogP contribution < -0.4 is 5.32 Å². The van der Waals surface area contributed by atoms with E-state index in [1.54, 1.807) is 0 Å². The molecule has 0 aliphatic carbocycles. The molecule has 0 atom stereocenters. The van der Waals surface area contributed by atoms with Crippen LogP contribution in [-0.2, 0) is 13.1 Å². The quantitative estimate of drug-likeness (QED) is 0.793. The van der Waals surface area contributed by atoms with E-state index in [0.29, 0.717) is 0 Å². The standard InChI is InChI=1S/C18H21N3/c1-13-6-4-7-14(2)17(13)12-21-11-15(10-19-3)16-8-5-9-20-18(16)21/h4-9,11,19H,10,12H2,1-3H3. The highest BCUT2D eigenvalue weighted by Crippen LogP contribution is 2.22. The minimum atomic E-state index is 0.863. The van der Waals surface area contributed by atoms with E-state index >= 15 is 0 Å². The van der Waals surface area contributed by atoms with E-state index in [9.17, 15) is 0 Å². The van der Waals surface area contributed by atoms with Crippen molar-refractivity contribution in [2.24, 2.45) is 0 Å². The molecule has 1 aromatic carbocycles. The SMILES string of the molecule is CNCc1cn(Cc2c(C)cccc2C)c2ncccc12. The van der Waals surface area contributed by atoms with Crippen LogP contribution >= 0.6 is 0 Å². The third-order valence-electron chi connectivity index (χ3n) is 4.06. The van der Waals surface area contributed by atoms with E-state index < -0.39 is 0 Å². The van der Waals surface area contributed by atoms with Gasteiger partial charge in [0.25, 0.3) is 0 Å². The smallest absolute Gasteiger partial charge is 0.140 e. The fourth-order valence-electron chi connectivity index (χ4n) is 2.92. The van der Waals surface area contributed by atoms with Gasteiger partial charge in [0.2, 0.25) is 0 Å². The summed E-state index contributed by atoms with van der Waals surface area (Å²) in [6.45, 7) is 6.09. The molecule has 0 saturated carbocycles. The van der Waals surface area contributed by atoms with Crippen molar-refractivity contribution in [2.45, 2.75) is 26.9 Å². The van der Waals surface area contributed by atoms with Crippen LogP contribution in [0, 0.1) is 13.8 Å². The summed E-state index contributed by atoms with van der Waals surface area (Å²) in [7, 11) is 1.98. The Morgan fingerprint density at radius 2 is 1.86 bits per heavy atom. The van der Waals surface area contributed by atoms with Crippen LogP contribution in [0.5, 0.6) is 0 Å². The summed E-state index contributed by atoms with van der Waals surface area (Å²) in [4.78, 5) is 4.57. The molecule has 0 amide bonds. The zero-order valence-corrected chi connectivity index (χ0v) is 12.9. The molecule has 108 valence electrons. The van der Waals surface area contributed by atoms with Gasteiger partial charge in [-0.3, -0.25) is 0 Å². The molecule has 2 aromatic heterocycles. The molecule has 3 rings (SSSR count). The Kier molecular flexibility index (Phi) is 3.76. The van der Waals surface area contributed by atoms with Crippen LogP contribution in [0.4, 0.5) is 0 Å². The van der Waals surface area contributed by atoms with Crippen molar-refractivity contribution in [1.82, 2.24) is 14.9 Å². The fraction of sp³-hybridized carbons (Fsp3) is 0.278. The molecule has 0 saturated heterocycles. The number of hydrogen-bond acceptors (Lipinski definition) is 2. The Balaban J connectivity index is 2.09. The Morgan fingerprint density at radius 3 is 2.57 bits per heavy atom. The molecule has 1 N–H and O–H groups in total. The van der Waals surface area contributed by atoms with E-state index in [0.717, 1.165) is 18.7 Å². The fourth-order valence-corrected chi connectivity index (χ4v) is 2.92. The lowest BCUT2D eigenvalue weighted by atomic mass is 10.0. The second-order valence-corrected chi connectivity index (χ2v) is 5.56. The number of fused-ring (bicyclic) bond motifs is 1. The molecule has 0 spiro atoms. The second kappa shape index (κ2) is 5.70. The van der Waals surface area contributed by atoms with E-state index in [2.05, 4.69) is 59.2 Å². The second-order valence-electron chi connectivity index (χ2n) is 5.56. The van der Waals surface area contributed by atoms with Gasteiger partial charge in [-0.1, -0.05) is 18.2 Å².